The molecule has 0 aromatic heterocycles. The Morgan fingerprint density at radius 1 is 1.33 bits per heavy atom. The molecule has 8 nitrogen and oxygen atoms in total. The average molecular weight is 603 g/mol. The molecule has 0 spiro atoms. The number of nitrogens with zero attached hydrogens (tertiary/aromatic N) is 2. The van der Waals surface area contributed by atoms with E-state index >= 15 is 4.39 Å². The van der Waals surface area contributed by atoms with Crippen molar-refractivity contribution in [2.45, 2.75) is 49.3 Å². The fourth-order valence-electron chi connectivity index (χ4n) is 4.62. The molecule has 36 heavy (non-hydrogen) atoms. The summed E-state index contributed by atoms with van der Waals surface area (Å²) < 4.78 is 31.4. The maximum Gasteiger partial charge on any atom is 0.416 e. The van der Waals surface area contributed by atoms with Gasteiger partial charge < -0.3 is 19.1 Å². The van der Waals surface area contributed by atoms with E-state index in [4.69, 9.17) is 19.2 Å². The number of alkyl carbamates (subject to hydrolysis) is 1. The molecular formula is C24H33BrFN3O5SSi. The standard InChI is InChI=1S/C24H33BrFN3O5SSi/c1-23(17-13-16(25)5-6-18(17)26)19-14-24(19,20(30)29-7-9-32-10-8-29)35-22(28-23)34-21(31)27-15-33-11-12-36(2,3)4/h5-6,13,19H,7-12,14-15H2,1-4H3,(H,27,31)/t19-,23+,24-/m0/s1. The fraction of sp³-hybridized carbons (Fsp3) is 0.625. The van der Waals surface area contributed by atoms with Crippen molar-refractivity contribution in [2.75, 3.05) is 39.6 Å². The number of aliphatic imine (C=N–C) groups is 1. The van der Waals surface area contributed by atoms with Crippen LogP contribution in [0.2, 0.25) is 25.7 Å². The number of carbonyl (C=O) groups excluding carboxylic acids is 2. The molecule has 0 bridgehead atoms. The Labute approximate surface area is 224 Å². The van der Waals surface area contributed by atoms with Gasteiger partial charge in [-0.1, -0.05) is 35.6 Å². The summed E-state index contributed by atoms with van der Waals surface area (Å²) >= 11 is 4.58. The first-order chi connectivity index (χ1) is 16.9. The highest BCUT2D eigenvalue weighted by Gasteiger charge is 2.72. The van der Waals surface area contributed by atoms with Crippen LogP contribution in [-0.2, 0) is 24.5 Å². The Morgan fingerprint density at radius 3 is 2.75 bits per heavy atom. The van der Waals surface area contributed by atoms with Crippen LogP contribution in [0.3, 0.4) is 0 Å². The third-order valence-electron chi connectivity index (χ3n) is 6.81. The molecule has 12 heteroatoms. The summed E-state index contributed by atoms with van der Waals surface area (Å²) in [7, 11) is -1.23. The molecule has 1 N–H and O–H groups in total. The van der Waals surface area contributed by atoms with Crippen molar-refractivity contribution in [1.82, 2.24) is 10.2 Å². The zero-order chi connectivity index (χ0) is 26.1. The van der Waals surface area contributed by atoms with Crippen LogP contribution in [0.1, 0.15) is 18.9 Å². The zero-order valence-corrected chi connectivity index (χ0v) is 24.5. The van der Waals surface area contributed by atoms with Crippen LogP contribution in [0, 0.1) is 11.7 Å². The Balaban J connectivity index is 1.53. The van der Waals surface area contributed by atoms with Crippen LogP contribution >= 0.6 is 27.7 Å². The summed E-state index contributed by atoms with van der Waals surface area (Å²) in [5.74, 6) is -0.710. The number of halogens is 2. The zero-order valence-electron chi connectivity index (χ0n) is 21.1. The fourth-order valence-corrected chi connectivity index (χ4v) is 7.24. The van der Waals surface area contributed by atoms with Crippen LogP contribution in [0.25, 0.3) is 0 Å². The Hall–Kier alpha value is -1.47. The van der Waals surface area contributed by atoms with E-state index in [-0.39, 0.29) is 23.8 Å². The van der Waals surface area contributed by atoms with Gasteiger partial charge in [0.25, 0.3) is 5.23 Å². The van der Waals surface area contributed by atoms with Crippen LogP contribution in [-0.4, -0.2) is 74.6 Å². The number of hydrogen-bond acceptors (Lipinski definition) is 7. The minimum absolute atomic E-state index is 0.0132. The van der Waals surface area contributed by atoms with Gasteiger partial charge in [0.2, 0.25) is 5.91 Å². The van der Waals surface area contributed by atoms with Gasteiger partial charge in [-0.2, -0.15) is 0 Å². The number of morpholine rings is 1. The lowest BCUT2D eigenvalue weighted by Crippen LogP contribution is -2.49. The van der Waals surface area contributed by atoms with Gasteiger partial charge in [0, 0.05) is 43.7 Å². The van der Waals surface area contributed by atoms with Crippen molar-refractivity contribution >= 4 is 53.0 Å². The predicted molar refractivity (Wildman–Crippen MR) is 143 cm³/mol. The third-order valence-corrected chi connectivity index (χ3v) is 10.3. The number of benzene rings is 1. The molecule has 198 valence electrons. The van der Waals surface area contributed by atoms with Gasteiger partial charge in [0.1, 0.15) is 17.3 Å². The molecule has 1 saturated heterocycles. The Kier molecular flexibility index (Phi) is 8.21. The number of rotatable bonds is 7. The molecule has 0 radical (unpaired) electrons. The molecule has 1 aromatic rings. The van der Waals surface area contributed by atoms with Crippen molar-refractivity contribution in [2.24, 2.45) is 10.9 Å². The first kappa shape index (κ1) is 27.6. The third kappa shape index (κ3) is 5.98. The molecule has 2 amide bonds. The summed E-state index contributed by atoms with van der Waals surface area (Å²) in [5.41, 5.74) is -0.722. The molecule has 2 heterocycles. The smallest absolute Gasteiger partial charge is 0.385 e. The number of ether oxygens (including phenoxy) is 3. The van der Waals surface area contributed by atoms with Gasteiger partial charge in [0.15, 0.2) is 0 Å². The van der Waals surface area contributed by atoms with Crippen molar-refractivity contribution < 1.29 is 28.2 Å². The molecular weight excluding hydrogens is 569 g/mol. The van der Waals surface area contributed by atoms with Crippen LogP contribution in [0.15, 0.2) is 27.7 Å². The minimum atomic E-state index is -1.23. The maximum atomic E-state index is 15.0. The van der Waals surface area contributed by atoms with Crippen molar-refractivity contribution in [3.8, 4) is 0 Å². The summed E-state index contributed by atoms with van der Waals surface area (Å²) in [4.78, 5) is 32.7. The molecule has 0 unspecified atom stereocenters. The number of nitrogens with one attached hydrogen (secondary N) is 1. The van der Waals surface area contributed by atoms with Gasteiger partial charge >= 0.3 is 6.09 Å². The van der Waals surface area contributed by atoms with Gasteiger partial charge in [-0.25, -0.2) is 14.2 Å². The Bertz CT molecular complexity index is 1050. The lowest BCUT2D eigenvalue weighted by Gasteiger charge is -2.37. The average Bonchev–Trinajstić information content (AvgIpc) is 3.56. The van der Waals surface area contributed by atoms with E-state index in [9.17, 15) is 9.59 Å². The molecule has 4 rings (SSSR count). The molecule has 1 aromatic carbocycles. The van der Waals surface area contributed by atoms with E-state index < -0.39 is 30.3 Å². The van der Waals surface area contributed by atoms with Crippen LogP contribution in [0.5, 0.6) is 0 Å². The van der Waals surface area contributed by atoms with Crippen LogP contribution in [0.4, 0.5) is 9.18 Å². The quantitative estimate of drug-likeness (QED) is 0.280. The molecule has 1 aliphatic carbocycles. The van der Waals surface area contributed by atoms with E-state index in [1.165, 1.54) is 6.07 Å². The first-order valence-corrected chi connectivity index (χ1v) is 17.4. The minimum Gasteiger partial charge on any atom is -0.385 e. The second-order valence-electron chi connectivity index (χ2n) is 10.7. The van der Waals surface area contributed by atoms with E-state index in [2.05, 4.69) is 40.9 Å². The van der Waals surface area contributed by atoms with Gasteiger partial charge in [-0.05, 0) is 49.3 Å². The molecule has 3 aliphatic rings. The summed E-state index contributed by atoms with van der Waals surface area (Å²) in [5, 5.41) is 2.63. The van der Waals surface area contributed by atoms with Crippen molar-refractivity contribution in [3.05, 3.63) is 34.1 Å². The van der Waals surface area contributed by atoms with E-state index in [1.807, 2.05) is 0 Å². The molecule has 1 saturated carbocycles. The lowest BCUT2D eigenvalue weighted by molar-refractivity contribution is -0.136. The highest BCUT2D eigenvalue weighted by molar-refractivity contribution is 9.10. The SMILES string of the molecule is C[C@]1(c2cc(Br)ccc2F)N=C(OC(=O)NCOCC[Si](C)(C)C)S[C@@]2(C(=O)N3CCOCC3)C[C@H]21. The number of hydrogen-bond donors (Lipinski definition) is 1. The van der Waals surface area contributed by atoms with E-state index in [0.29, 0.717) is 49.4 Å². The monoisotopic (exact) mass is 601 g/mol. The van der Waals surface area contributed by atoms with Gasteiger partial charge in [-0.15, -0.1) is 0 Å². The summed E-state index contributed by atoms with van der Waals surface area (Å²) in [6, 6.07) is 5.66. The van der Waals surface area contributed by atoms with Crippen molar-refractivity contribution in [1.29, 1.82) is 0 Å². The predicted octanol–water partition coefficient (Wildman–Crippen LogP) is 4.56. The summed E-state index contributed by atoms with van der Waals surface area (Å²) in [6.45, 7) is 11.1. The Morgan fingerprint density at radius 2 is 2.06 bits per heavy atom. The highest BCUT2D eigenvalue weighted by Crippen LogP contribution is 2.67. The number of fused-ring (bicyclic) bond motifs is 1. The molecule has 2 fully saturated rings. The topological polar surface area (TPSA) is 89.5 Å². The maximum absolute atomic E-state index is 15.0. The molecule has 3 atom stereocenters. The second kappa shape index (κ2) is 10.7. The largest absolute Gasteiger partial charge is 0.416 e. The van der Waals surface area contributed by atoms with Crippen molar-refractivity contribution in [3.63, 3.8) is 0 Å². The second-order valence-corrected chi connectivity index (χ2v) is 18.6. The summed E-state index contributed by atoms with van der Waals surface area (Å²) in [6.07, 6.45) is -0.215. The number of carbonyl (C=O) groups is 2. The number of thioether (sulfide) groups is 1. The first-order valence-electron chi connectivity index (χ1n) is 12.1. The van der Waals surface area contributed by atoms with E-state index in [0.717, 1.165) is 17.8 Å². The lowest BCUT2D eigenvalue weighted by atomic mass is 9.85. The molecule has 2 aliphatic heterocycles. The van der Waals surface area contributed by atoms with Gasteiger partial charge in [-0.3, -0.25) is 10.1 Å². The normalized spacial score (nSPS) is 27.7. The van der Waals surface area contributed by atoms with Gasteiger partial charge in [0.05, 0.1) is 18.8 Å². The van der Waals surface area contributed by atoms with E-state index in [1.54, 1.807) is 24.0 Å². The van der Waals surface area contributed by atoms with Crippen LogP contribution < -0.4 is 5.32 Å². The number of amides is 2. The highest BCUT2D eigenvalue weighted by atomic mass is 79.9.